The fourth-order valence-electron chi connectivity index (χ4n) is 1.02. The lowest BCUT2D eigenvalue weighted by Crippen LogP contribution is -2.31. The maximum atomic E-state index is 5.75. The lowest BCUT2D eigenvalue weighted by Gasteiger charge is -2.16. The minimum Gasteiger partial charge on any atom is -0.309 e. The van der Waals surface area contributed by atoms with E-state index in [2.05, 4.69) is 25.7 Å². The van der Waals surface area contributed by atoms with Crippen LogP contribution in [0.25, 0.3) is 0 Å². The summed E-state index contributed by atoms with van der Waals surface area (Å²) in [5.41, 5.74) is 0. The van der Waals surface area contributed by atoms with Gasteiger partial charge in [-0.05, 0) is 12.3 Å². The van der Waals surface area contributed by atoms with Crippen LogP contribution in [0.4, 0.5) is 0 Å². The number of hydrogen-bond acceptors (Lipinski definition) is 1. The molecule has 0 bridgehead atoms. The largest absolute Gasteiger partial charge is 0.309 e. The Hall–Kier alpha value is -0.0100. The zero-order valence-electron chi connectivity index (χ0n) is 7.44. The molecular weight excluding hydrogens is 158 g/mol. The van der Waals surface area contributed by atoms with Crippen LogP contribution in [0.1, 0.15) is 20.3 Å². The highest BCUT2D eigenvalue weighted by molar-refractivity contribution is 6.18. The molecule has 0 saturated heterocycles. The van der Waals surface area contributed by atoms with E-state index in [0.717, 1.165) is 13.0 Å². The summed E-state index contributed by atoms with van der Waals surface area (Å²) in [6, 6.07) is 0.440. The molecule has 0 heterocycles. The van der Waals surface area contributed by atoms with Gasteiger partial charge in [0.1, 0.15) is 0 Å². The molecule has 0 aromatic rings. The van der Waals surface area contributed by atoms with E-state index in [-0.39, 0.29) is 0 Å². The summed E-state index contributed by atoms with van der Waals surface area (Å²) < 4.78 is 0. The molecule has 0 aliphatic heterocycles. The van der Waals surface area contributed by atoms with Gasteiger partial charge in [0.05, 0.1) is 0 Å². The molecule has 11 heavy (non-hydrogen) atoms. The minimum absolute atomic E-state index is 0.440. The van der Waals surface area contributed by atoms with Crippen LogP contribution in [0.15, 0.2) is 12.7 Å². The van der Waals surface area contributed by atoms with Gasteiger partial charge in [0.15, 0.2) is 0 Å². The van der Waals surface area contributed by atoms with Crippen molar-refractivity contribution >= 4 is 11.6 Å². The van der Waals surface area contributed by atoms with E-state index < -0.39 is 0 Å². The summed E-state index contributed by atoms with van der Waals surface area (Å²) in [4.78, 5) is 0. The molecule has 1 atom stereocenters. The van der Waals surface area contributed by atoms with E-state index in [9.17, 15) is 0 Å². The summed E-state index contributed by atoms with van der Waals surface area (Å²) in [5, 5.41) is 3.30. The number of hydrogen-bond donors (Lipinski definition) is 1. The average molecular weight is 176 g/mol. The van der Waals surface area contributed by atoms with Crippen molar-refractivity contribution in [2.24, 2.45) is 5.92 Å². The summed E-state index contributed by atoms with van der Waals surface area (Å²) >= 11 is 5.75. The predicted molar refractivity (Wildman–Crippen MR) is 52.2 cm³/mol. The Bertz CT molecular complexity index is 102. The first kappa shape index (κ1) is 11.0. The lowest BCUT2D eigenvalue weighted by atomic mass is 10.1. The van der Waals surface area contributed by atoms with E-state index in [1.54, 1.807) is 0 Å². The van der Waals surface area contributed by atoms with E-state index in [1.807, 2.05) is 6.08 Å². The normalized spacial score (nSPS) is 13.5. The van der Waals surface area contributed by atoms with Gasteiger partial charge in [0, 0.05) is 18.5 Å². The molecule has 0 spiro atoms. The summed E-state index contributed by atoms with van der Waals surface area (Å²) in [5.74, 6) is 1.39. The van der Waals surface area contributed by atoms with Gasteiger partial charge in [-0.1, -0.05) is 19.9 Å². The zero-order chi connectivity index (χ0) is 8.69. The highest BCUT2D eigenvalue weighted by Gasteiger charge is 2.06. The van der Waals surface area contributed by atoms with E-state index in [4.69, 9.17) is 11.6 Å². The Kier molecular flexibility index (Phi) is 6.68. The van der Waals surface area contributed by atoms with Crippen LogP contribution in [0.5, 0.6) is 0 Å². The molecule has 0 radical (unpaired) electrons. The van der Waals surface area contributed by atoms with Crippen LogP contribution in [0.3, 0.4) is 0 Å². The molecule has 0 aromatic heterocycles. The van der Waals surface area contributed by atoms with E-state index in [1.165, 1.54) is 0 Å². The fraction of sp³-hybridized carbons (Fsp3) is 0.778. The Morgan fingerprint density at radius 1 is 1.55 bits per heavy atom. The number of rotatable bonds is 6. The molecule has 0 saturated carbocycles. The molecule has 0 rings (SSSR count). The van der Waals surface area contributed by atoms with Crippen molar-refractivity contribution in [3.8, 4) is 0 Å². The molecule has 2 heteroatoms. The van der Waals surface area contributed by atoms with E-state index in [0.29, 0.717) is 17.8 Å². The first-order chi connectivity index (χ1) is 5.20. The smallest absolute Gasteiger partial charge is 0.0377 e. The van der Waals surface area contributed by atoms with Gasteiger partial charge in [-0.2, -0.15) is 0 Å². The van der Waals surface area contributed by atoms with Gasteiger partial charge >= 0.3 is 0 Å². The molecule has 0 aliphatic carbocycles. The highest BCUT2D eigenvalue weighted by atomic mass is 35.5. The third kappa shape index (κ3) is 6.39. The molecule has 0 aliphatic rings. The van der Waals surface area contributed by atoms with Crippen molar-refractivity contribution < 1.29 is 0 Å². The molecule has 0 aromatic carbocycles. The van der Waals surface area contributed by atoms with Crippen molar-refractivity contribution in [2.45, 2.75) is 26.3 Å². The second-order valence-corrected chi connectivity index (χ2v) is 3.49. The van der Waals surface area contributed by atoms with Gasteiger partial charge in [0.2, 0.25) is 0 Å². The lowest BCUT2D eigenvalue weighted by molar-refractivity contribution is 0.461. The van der Waals surface area contributed by atoms with Crippen LogP contribution in [0, 0.1) is 5.92 Å². The third-order valence-corrected chi connectivity index (χ3v) is 1.87. The van der Waals surface area contributed by atoms with Crippen molar-refractivity contribution in [3.63, 3.8) is 0 Å². The topological polar surface area (TPSA) is 12.0 Å². The standard InChI is InChI=1S/C9H18ClN/c1-4-5-11-9(7-10)6-8(2)3/h4,8-9,11H,1,5-7H2,2-3H3. The molecular formula is C9H18ClN. The van der Waals surface area contributed by atoms with Crippen LogP contribution >= 0.6 is 11.6 Å². The van der Waals surface area contributed by atoms with Crippen molar-refractivity contribution in [1.29, 1.82) is 0 Å². The number of nitrogens with one attached hydrogen (secondary N) is 1. The molecule has 66 valence electrons. The van der Waals surface area contributed by atoms with Gasteiger partial charge in [-0.15, -0.1) is 18.2 Å². The van der Waals surface area contributed by atoms with Crippen molar-refractivity contribution in [1.82, 2.24) is 5.32 Å². The Morgan fingerprint density at radius 2 is 2.18 bits per heavy atom. The summed E-state index contributed by atoms with van der Waals surface area (Å²) in [6.07, 6.45) is 3.00. The first-order valence-electron chi connectivity index (χ1n) is 4.11. The highest BCUT2D eigenvalue weighted by Crippen LogP contribution is 2.05. The van der Waals surface area contributed by atoms with Crippen molar-refractivity contribution in [3.05, 3.63) is 12.7 Å². The van der Waals surface area contributed by atoms with E-state index >= 15 is 0 Å². The SMILES string of the molecule is C=CCNC(CCl)CC(C)C. The van der Waals surface area contributed by atoms with Gasteiger partial charge < -0.3 is 5.32 Å². The van der Waals surface area contributed by atoms with Crippen LogP contribution in [-0.2, 0) is 0 Å². The maximum Gasteiger partial charge on any atom is 0.0377 e. The molecule has 1 N–H and O–H groups in total. The Labute approximate surface area is 74.8 Å². The van der Waals surface area contributed by atoms with Gasteiger partial charge in [-0.3, -0.25) is 0 Å². The first-order valence-corrected chi connectivity index (χ1v) is 4.64. The maximum absolute atomic E-state index is 5.75. The van der Waals surface area contributed by atoms with Gasteiger partial charge in [0.25, 0.3) is 0 Å². The predicted octanol–water partition coefficient (Wildman–Crippen LogP) is 2.42. The zero-order valence-corrected chi connectivity index (χ0v) is 8.19. The number of alkyl halides is 1. The third-order valence-electron chi connectivity index (χ3n) is 1.49. The van der Waals surface area contributed by atoms with Crippen LogP contribution in [-0.4, -0.2) is 18.5 Å². The summed E-state index contributed by atoms with van der Waals surface area (Å²) in [6.45, 7) is 8.90. The molecule has 1 unspecified atom stereocenters. The van der Waals surface area contributed by atoms with Gasteiger partial charge in [-0.25, -0.2) is 0 Å². The minimum atomic E-state index is 0.440. The monoisotopic (exact) mass is 175 g/mol. The Balaban J connectivity index is 3.48. The quantitative estimate of drug-likeness (QED) is 0.483. The van der Waals surface area contributed by atoms with Crippen molar-refractivity contribution in [2.75, 3.05) is 12.4 Å². The number of halogens is 1. The average Bonchev–Trinajstić information content (AvgIpc) is 1.97. The Morgan fingerprint density at radius 3 is 2.55 bits per heavy atom. The van der Waals surface area contributed by atoms with Crippen LogP contribution < -0.4 is 5.32 Å². The summed E-state index contributed by atoms with van der Waals surface area (Å²) in [7, 11) is 0. The molecule has 1 nitrogen and oxygen atoms in total. The van der Waals surface area contributed by atoms with Crippen LogP contribution in [0.2, 0.25) is 0 Å². The fourth-order valence-corrected chi connectivity index (χ4v) is 1.26. The molecule has 0 fully saturated rings. The second kappa shape index (κ2) is 6.68. The second-order valence-electron chi connectivity index (χ2n) is 3.18. The molecule has 0 amide bonds.